The SMILES string of the molecule is COC(=O)C(C)N[C@H](C)c1cccc(OC)c1. The molecule has 1 aromatic rings. The van der Waals surface area contributed by atoms with E-state index in [0.717, 1.165) is 11.3 Å². The molecule has 1 N–H and O–H groups in total. The van der Waals surface area contributed by atoms with Crippen molar-refractivity contribution in [2.24, 2.45) is 0 Å². The molecule has 94 valence electrons. The summed E-state index contributed by atoms with van der Waals surface area (Å²) in [4.78, 5) is 11.3. The molecule has 4 heteroatoms. The van der Waals surface area contributed by atoms with E-state index in [1.54, 1.807) is 14.0 Å². The van der Waals surface area contributed by atoms with Gasteiger partial charge in [0.1, 0.15) is 11.8 Å². The fourth-order valence-corrected chi connectivity index (χ4v) is 1.63. The zero-order chi connectivity index (χ0) is 12.8. The van der Waals surface area contributed by atoms with Crippen LogP contribution in [0.1, 0.15) is 25.5 Å². The molecule has 0 aromatic heterocycles. The summed E-state index contributed by atoms with van der Waals surface area (Å²) in [5.74, 6) is 0.543. The predicted molar refractivity (Wildman–Crippen MR) is 66.0 cm³/mol. The highest BCUT2D eigenvalue weighted by Crippen LogP contribution is 2.19. The van der Waals surface area contributed by atoms with Crippen LogP contribution in [0.4, 0.5) is 0 Å². The number of rotatable bonds is 5. The molecule has 0 saturated heterocycles. The van der Waals surface area contributed by atoms with Crippen molar-refractivity contribution in [3.05, 3.63) is 29.8 Å². The van der Waals surface area contributed by atoms with Gasteiger partial charge in [-0.1, -0.05) is 12.1 Å². The summed E-state index contributed by atoms with van der Waals surface area (Å²) < 4.78 is 9.83. The number of hydrogen-bond acceptors (Lipinski definition) is 4. The highest BCUT2D eigenvalue weighted by molar-refractivity contribution is 5.75. The molecule has 0 aliphatic heterocycles. The summed E-state index contributed by atoms with van der Waals surface area (Å²) in [5.41, 5.74) is 1.07. The Bertz CT molecular complexity index is 379. The highest BCUT2D eigenvalue weighted by Gasteiger charge is 2.16. The number of methoxy groups -OCH3 is 2. The minimum Gasteiger partial charge on any atom is -0.497 e. The summed E-state index contributed by atoms with van der Waals surface area (Å²) >= 11 is 0. The van der Waals surface area contributed by atoms with E-state index >= 15 is 0 Å². The lowest BCUT2D eigenvalue weighted by Gasteiger charge is -2.19. The maximum atomic E-state index is 11.3. The van der Waals surface area contributed by atoms with Crippen molar-refractivity contribution in [3.63, 3.8) is 0 Å². The van der Waals surface area contributed by atoms with Gasteiger partial charge in [-0.3, -0.25) is 10.1 Å². The average Bonchev–Trinajstić information content (AvgIpc) is 2.37. The third-order valence-electron chi connectivity index (χ3n) is 2.65. The normalized spacial score (nSPS) is 13.9. The second kappa shape index (κ2) is 6.25. The van der Waals surface area contributed by atoms with Gasteiger partial charge < -0.3 is 9.47 Å². The van der Waals surface area contributed by atoms with Crippen LogP contribution in [0.3, 0.4) is 0 Å². The van der Waals surface area contributed by atoms with Crippen LogP contribution < -0.4 is 10.1 Å². The molecular weight excluding hydrogens is 218 g/mol. The van der Waals surface area contributed by atoms with Crippen LogP contribution in [-0.2, 0) is 9.53 Å². The van der Waals surface area contributed by atoms with Gasteiger partial charge in [-0.25, -0.2) is 0 Å². The molecule has 0 amide bonds. The fourth-order valence-electron chi connectivity index (χ4n) is 1.63. The molecule has 2 atom stereocenters. The van der Waals surface area contributed by atoms with Crippen LogP contribution in [0, 0.1) is 0 Å². The molecule has 0 radical (unpaired) electrons. The molecule has 1 aromatic carbocycles. The molecular formula is C13H19NO3. The number of carbonyl (C=O) groups is 1. The van der Waals surface area contributed by atoms with Crippen LogP contribution in [0.15, 0.2) is 24.3 Å². The maximum absolute atomic E-state index is 11.3. The van der Waals surface area contributed by atoms with E-state index in [4.69, 9.17) is 4.74 Å². The van der Waals surface area contributed by atoms with Gasteiger partial charge in [0.25, 0.3) is 0 Å². The molecule has 0 spiro atoms. The van der Waals surface area contributed by atoms with Gasteiger partial charge in [-0.05, 0) is 31.5 Å². The lowest BCUT2D eigenvalue weighted by Crippen LogP contribution is -2.36. The fraction of sp³-hybridized carbons (Fsp3) is 0.462. The molecule has 4 nitrogen and oxygen atoms in total. The summed E-state index contributed by atoms with van der Waals surface area (Å²) in [7, 11) is 3.02. The second-order valence-corrected chi connectivity index (χ2v) is 3.91. The Morgan fingerprint density at radius 2 is 2.00 bits per heavy atom. The number of hydrogen-bond donors (Lipinski definition) is 1. The molecule has 1 rings (SSSR count). The minimum atomic E-state index is -0.332. The molecule has 0 aliphatic carbocycles. The number of nitrogens with one attached hydrogen (secondary N) is 1. The molecule has 0 aliphatic rings. The first-order chi connectivity index (χ1) is 8.08. The van der Waals surface area contributed by atoms with E-state index in [2.05, 4.69) is 10.1 Å². The van der Waals surface area contributed by atoms with Gasteiger partial charge in [-0.15, -0.1) is 0 Å². The second-order valence-electron chi connectivity index (χ2n) is 3.91. The van der Waals surface area contributed by atoms with Crippen molar-refractivity contribution < 1.29 is 14.3 Å². The van der Waals surface area contributed by atoms with Gasteiger partial charge in [0, 0.05) is 6.04 Å². The summed E-state index contributed by atoms with van der Waals surface area (Å²) in [6.07, 6.45) is 0. The number of carbonyl (C=O) groups excluding carboxylic acids is 1. The monoisotopic (exact) mass is 237 g/mol. The Labute approximate surface area is 102 Å². The average molecular weight is 237 g/mol. The van der Waals surface area contributed by atoms with E-state index in [9.17, 15) is 4.79 Å². The standard InChI is InChI=1S/C13H19NO3/c1-9(14-10(2)13(15)17-4)11-6-5-7-12(8-11)16-3/h5-10,14H,1-4H3/t9-,10?/m1/s1. The van der Waals surface area contributed by atoms with E-state index in [0.29, 0.717) is 0 Å². The Morgan fingerprint density at radius 1 is 1.29 bits per heavy atom. The first-order valence-electron chi connectivity index (χ1n) is 5.56. The van der Waals surface area contributed by atoms with Gasteiger partial charge in [-0.2, -0.15) is 0 Å². The number of benzene rings is 1. The zero-order valence-electron chi connectivity index (χ0n) is 10.7. The molecule has 0 bridgehead atoms. The lowest BCUT2D eigenvalue weighted by atomic mass is 10.1. The molecule has 0 fully saturated rings. The van der Waals surface area contributed by atoms with Crippen LogP contribution in [0.25, 0.3) is 0 Å². The van der Waals surface area contributed by atoms with Crippen LogP contribution in [0.2, 0.25) is 0 Å². The van der Waals surface area contributed by atoms with E-state index in [1.165, 1.54) is 7.11 Å². The third-order valence-corrected chi connectivity index (χ3v) is 2.65. The Balaban J connectivity index is 2.68. The predicted octanol–water partition coefficient (Wildman–Crippen LogP) is 1.91. The van der Waals surface area contributed by atoms with E-state index in [-0.39, 0.29) is 18.1 Å². The Morgan fingerprint density at radius 3 is 2.59 bits per heavy atom. The van der Waals surface area contributed by atoms with Crippen molar-refractivity contribution in [1.29, 1.82) is 0 Å². The van der Waals surface area contributed by atoms with Crippen molar-refractivity contribution in [3.8, 4) is 5.75 Å². The van der Waals surface area contributed by atoms with Crippen LogP contribution in [-0.4, -0.2) is 26.2 Å². The smallest absolute Gasteiger partial charge is 0.322 e. The van der Waals surface area contributed by atoms with Gasteiger partial charge in [0.05, 0.1) is 14.2 Å². The number of esters is 1. The molecule has 0 saturated carbocycles. The highest BCUT2D eigenvalue weighted by atomic mass is 16.5. The van der Waals surface area contributed by atoms with Crippen molar-refractivity contribution in [2.45, 2.75) is 25.9 Å². The van der Waals surface area contributed by atoms with Gasteiger partial charge >= 0.3 is 5.97 Å². The largest absolute Gasteiger partial charge is 0.497 e. The molecule has 0 heterocycles. The number of ether oxygens (including phenoxy) is 2. The van der Waals surface area contributed by atoms with Gasteiger partial charge in [0.15, 0.2) is 0 Å². The summed E-state index contributed by atoms with van der Waals surface area (Å²) in [5, 5.41) is 3.17. The first kappa shape index (κ1) is 13.5. The first-order valence-corrected chi connectivity index (χ1v) is 5.56. The Kier molecular flexibility index (Phi) is 4.97. The minimum absolute atomic E-state index is 0.0548. The molecule has 17 heavy (non-hydrogen) atoms. The lowest BCUT2D eigenvalue weighted by molar-refractivity contribution is -0.142. The third kappa shape index (κ3) is 3.75. The van der Waals surface area contributed by atoms with Crippen molar-refractivity contribution in [2.75, 3.05) is 14.2 Å². The zero-order valence-corrected chi connectivity index (χ0v) is 10.7. The molecule has 1 unspecified atom stereocenters. The topological polar surface area (TPSA) is 47.6 Å². The van der Waals surface area contributed by atoms with E-state index in [1.807, 2.05) is 31.2 Å². The van der Waals surface area contributed by atoms with Crippen LogP contribution >= 0.6 is 0 Å². The van der Waals surface area contributed by atoms with E-state index < -0.39 is 0 Å². The van der Waals surface area contributed by atoms with Crippen LogP contribution in [0.5, 0.6) is 5.75 Å². The van der Waals surface area contributed by atoms with Crippen molar-refractivity contribution in [1.82, 2.24) is 5.32 Å². The van der Waals surface area contributed by atoms with Crippen molar-refractivity contribution >= 4 is 5.97 Å². The maximum Gasteiger partial charge on any atom is 0.322 e. The summed E-state index contributed by atoms with van der Waals surface area (Å²) in [6, 6.07) is 7.47. The van der Waals surface area contributed by atoms with Gasteiger partial charge in [0.2, 0.25) is 0 Å². The quantitative estimate of drug-likeness (QED) is 0.795. The Hall–Kier alpha value is -1.55. The summed E-state index contributed by atoms with van der Waals surface area (Å²) in [6.45, 7) is 3.77.